The lowest BCUT2D eigenvalue weighted by Crippen LogP contribution is -4.23. The van der Waals surface area contributed by atoms with Crippen LogP contribution in [0.5, 0.6) is 0 Å². The molecule has 9 heteroatoms. The van der Waals surface area contributed by atoms with Crippen molar-refractivity contribution in [2.24, 2.45) is 0 Å². The Morgan fingerprint density at radius 2 is 1.33 bits per heavy atom. The highest BCUT2D eigenvalue weighted by molar-refractivity contribution is 3.83. The van der Waals surface area contributed by atoms with Gasteiger partial charge >= 0.3 is 20.1 Å². The normalized spacial score (nSPS) is 9.33. The summed E-state index contributed by atoms with van der Waals surface area (Å²) in [6.07, 6.45) is 0. The third-order valence-corrected chi connectivity index (χ3v) is 0. The third kappa shape index (κ3) is 4890. The van der Waals surface area contributed by atoms with Crippen molar-refractivity contribution in [2.45, 2.75) is 0 Å². The fourth-order valence-electron chi connectivity index (χ4n) is 0. The number of hydrogen-bond acceptors (Lipinski definition) is 6. The van der Waals surface area contributed by atoms with Crippen LogP contribution in [0, 0.1) is 10.1 Å². The zero-order valence-electron chi connectivity index (χ0n) is 3.76. The minimum absolute atomic E-state index is 1.50. The molecular weight excluding hydrogens is 253 g/mol. The van der Waals surface area contributed by atoms with Crippen LogP contribution < -0.4 is 30.4 Å². The monoisotopic (exact) mass is 255 g/mol. The number of nitrogens with zero attached hydrogens (tertiary/aromatic N) is 1. The summed E-state index contributed by atoms with van der Waals surface area (Å²) in [5.74, 6) is 0. The van der Waals surface area contributed by atoms with Gasteiger partial charge in [0, 0.05) is 3.44 Å². The summed E-state index contributed by atoms with van der Waals surface area (Å²) >= 11 is -5.69. The molecule has 0 heterocycles. The number of hydrogen-bond donors (Lipinski definition) is 2. The minimum atomic E-state index is -5.69. The van der Waals surface area contributed by atoms with Gasteiger partial charge in [0.25, 0.3) is 5.09 Å². The Morgan fingerprint density at radius 3 is 1.33 bits per heavy atom. The SMILES string of the molecule is O=[N+]([O-])O.[O-][I+3]([O-])([O-])O. The Labute approximate surface area is 54.8 Å². The van der Waals surface area contributed by atoms with E-state index in [9.17, 15) is 0 Å². The van der Waals surface area contributed by atoms with Gasteiger partial charge in [0.1, 0.15) is 0 Å². The van der Waals surface area contributed by atoms with Crippen molar-refractivity contribution in [2.75, 3.05) is 0 Å². The maximum absolute atomic E-state index is 8.73. The fraction of sp³-hybridized carbons (Fsp3) is 0. The Morgan fingerprint density at radius 1 is 1.33 bits per heavy atom. The summed E-state index contributed by atoms with van der Waals surface area (Å²) in [5, 5.41) is 13.6. The first-order valence-electron chi connectivity index (χ1n) is 1.20. The van der Waals surface area contributed by atoms with Crippen molar-refractivity contribution in [1.82, 2.24) is 0 Å². The highest BCUT2D eigenvalue weighted by atomic mass is 127. The highest BCUT2D eigenvalue weighted by Crippen LogP contribution is 1.38. The summed E-state index contributed by atoms with van der Waals surface area (Å²) in [4.78, 5) is 8.36. The van der Waals surface area contributed by atoms with Crippen molar-refractivity contribution < 1.29 is 44.1 Å². The largest absolute Gasteiger partial charge is 0.368 e. The first kappa shape index (κ1) is 11.6. The van der Waals surface area contributed by atoms with Crippen molar-refractivity contribution in [3.05, 3.63) is 10.1 Å². The molecule has 0 saturated heterocycles. The lowest BCUT2D eigenvalue weighted by Gasteiger charge is -1.93. The molecule has 0 fully saturated rings. The lowest BCUT2D eigenvalue weighted by atomic mass is 13.1. The zero-order chi connectivity index (χ0) is 8.08. The van der Waals surface area contributed by atoms with E-state index in [0.717, 1.165) is 0 Å². The number of rotatable bonds is 0. The molecule has 0 aliphatic rings. The van der Waals surface area contributed by atoms with E-state index >= 15 is 0 Å². The van der Waals surface area contributed by atoms with Crippen LogP contribution in [0.4, 0.5) is 0 Å². The van der Waals surface area contributed by atoms with Crippen molar-refractivity contribution >= 4 is 0 Å². The molecule has 0 unspecified atom stereocenters. The molecule has 0 spiro atoms. The van der Waals surface area contributed by atoms with E-state index in [1.165, 1.54) is 0 Å². The average molecular weight is 255 g/mol. The summed E-state index contributed by atoms with van der Waals surface area (Å²) in [6.45, 7) is 0. The van der Waals surface area contributed by atoms with Crippen LogP contribution in [0.2, 0.25) is 0 Å². The van der Waals surface area contributed by atoms with Crippen molar-refractivity contribution in [3.63, 3.8) is 0 Å². The predicted molar refractivity (Wildman–Crippen MR) is 11.0 cm³/mol. The van der Waals surface area contributed by atoms with Gasteiger partial charge in [-0.3, -0.25) is 10.3 Å². The van der Waals surface area contributed by atoms with Crippen LogP contribution in [-0.4, -0.2) is 13.7 Å². The van der Waals surface area contributed by atoms with Gasteiger partial charge in [0.15, 0.2) is 0 Å². The topological polar surface area (TPSA) is 153 Å². The van der Waals surface area contributed by atoms with Gasteiger partial charge in [0.05, 0.1) is 0 Å². The van der Waals surface area contributed by atoms with E-state index in [1.54, 1.807) is 0 Å². The first-order chi connectivity index (χ1) is 3.73. The standard InChI is InChI=1S/HIO4.HNO3/c2-1(3,4)5;2-1(3)4/h2H;(H,2,3,4). The van der Waals surface area contributed by atoms with Crippen molar-refractivity contribution in [3.8, 4) is 0 Å². The van der Waals surface area contributed by atoms with E-state index in [2.05, 4.69) is 0 Å². The van der Waals surface area contributed by atoms with Crippen LogP contribution >= 0.6 is 0 Å². The van der Waals surface area contributed by atoms with E-state index in [4.69, 9.17) is 29.1 Å². The van der Waals surface area contributed by atoms with Crippen LogP contribution in [0.3, 0.4) is 0 Å². The van der Waals surface area contributed by atoms with Crippen molar-refractivity contribution in [1.29, 1.82) is 0 Å². The second-order valence-electron chi connectivity index (χ2n) is 0.634. The smallest absolute Gasteiger partial charge is 0.328 e. The quantitative estimate of drug-likeness (QED) is 0.247. The second kappa shape index (κ2) is 4.63. The van der Waals surface area contributed by atoms with E-state index in [0.29, 0.717) is 0 Å². The fourth-order valence-corrected chi connectivity index (χ4v) is 0. The molecule has 8 nitrogen and oxygen atoms in total. The minimum Gasteiger partial charge on any atom is -0.328 e. The predicted octanol–water partition coefficient (Wildman–Crippen LogP) is -7.47. The molecule has 0 aliphatic heterocycles. The second-order valence-corrected chi connectivity index (χ2v) is 2.89. The molecule has 0 aliphatic carbocycles. The molecule has 9 heavy (non-hydrogen) atoms. The lowest BCUT2D eigenvalue weighted by molar-refractivity contribution is -1.92. The van der Waals surface area contributed by atoms with Gasteiger partial charge < -0.3 is 5.21 Å². The van der Waals surface area contributed by atoms with Crippen LogP contribution in [0.25, 0.3) is 0 Å². The van der Waals surface area contributed by atoms with Crippen LogP contribution in [0.15, 0.2) is 0 Å². The molecule has 0 atom stereocenters. The molecule has 0 amide bonds. The molecule has 0 saturated carbocycles. The molecule has 0 aromatic heterocycles. The Hall–Kier alpha value is -0.230. The number of halogens is 1. The molecule has 0 aromatic carbocycles. The highest BCUT2D eigenvalue weighted by Gasteiger charge is 2.11. The van der Waals surface area contributed by atoms with Gasteiger partial charge in [-0.1, -0.05) is 0 Å². The molecule has 0 aromatic rings. The summed E-state index contributed by atoms with van der Waals surface area (Å²) in [7, 11) is 0. The molecule has 0 bridgehead atoms. The van der Waals surface area contributed by atoms with Crippen LogP contribution in [0.1, 0.15) is 0 Å². The Balaban J connectivity index is 0. The van der Waals surface area contributed by atoms with E-state index in [-0.39, 0.29) is 0 Å². The van der Waals surface area contributed by atoms with Gasteiger partial charge in [-0.2, -0.15) is 0 Å². The Bertz CT molecular complexity index is 71.4. The third-order valence-electron chi connectivity index (χ3n) is 0. The maximum Gasteiger partial charge on any atom is 0.368 e. The molecule has 56 valence electrons. The Kier molecular flexibility index (Phi) is 5.94. The summed E-state index contributed by atoms with van der Waals surface area (Å²) in [6, 6.07) is 0. The summed E-state index contributed by atoms with van der Waals surface area (Å²) in [5.41, 5.74) is 0. The molecule has 0 radical (unpaired) electrons. The van der Waals surface area contributed by atoms with Crippen LogP contribution in [-0.2, 0) is 0 Å². The van der Waals surface area contributed by atoms with E-state index < -0.39 is 25.2 Å². The van der Waals surface area contributed by atoms with Gasteiger partial charge in [-0.25, -0.2) is 0 Å². The average Bonchev–Trinajstić information content (AvgIpc) is 1.19. The zero-order valence-corrected chi connectivity index (χ0v) is 5.92. The van der Waals surface area contributed by atoms with Gasteiger partial charge in [0.2, 0.25) is 0 Å². The van der Waals surface area contributed by atoms with Gasteiger partial charge in [-0.05, 0) is 0 Å². The maximum atomic E-state index is 8.73. The molecule has 0 rings (SSSR count). The molecular formula is H2INO7. The first-order valence-corrected chi connectivity index (χ1v) is 4.80. The molecule has 2 N–H and O–H groups in total. The summed E-state index contributed by atoms with van der Waals surface area (Å²) < 4.78 is 33.2. The van der Waals surface area contributed by atoms with E-state index in [1.807, 2.05) is 0 Å². The van der Waals surface area contributed by atoms with Gasteiger partial charge in [-0.15, -0.1) is 10.1 Å².